The molecule has 0 aliphatic carbocycles. The summed E-state index contributed by atoms with van der Waals surface area (Å²) in [5.74, 6) is 7.19. The van der Waals surface area contributed by atoms with Gasteiger partial charge in [0.15, 0.2) is 5.82 Å². The van der Waals surface area contributed by atoms with Crippen LogP contribution < -0.4 is 11.3 Å². The van der Waals surface area contributed by atoms with Gasteiger partial charge in [-0.3, -0.25) is 4.68 Å². The van der Waals surface area contributed by atoms with E-state index < -0.39 is 0 Å². The highest BCUT2D eigenvalue weighted by atomic mass is 16.5. The summed E-state index contributed by atoms with van der Waals surface area (Å²) < 4.78 is 6.89. The van der Waals surface area contributed by atoms with Crippen LogP contribution in [0.4, 0.5) is 5.82 Å². The second-order valence-corrected chi connectivity index (χ2v) is 4.71. The predicted molar refractivity (Wildman–Crippen MR) is 77.0 cm³/mol. The molecule has 0 atom stereocenters. The van der Waals surface area contributed by atoms with Crippen LogP contribution >= 0.6 is 0 Å². The summed E-state index contributed by atoms with van der Waals surface area (Å²) in [6.45, 7) is 3.67. The minimum Gasteiger partial charge on any atom is -0.361 e. The number of hydrogen-bond donors (Lipinski definition) is 2. The molecule has 0 aliphatic heterocycles. The number of nitrogen functional groups attached to an aromatic ring is 1. The molecule has 8 heteroatoms. The lowest BCUT2D eigenvalue weighted by atomic mass is 10.1. The highest BCUT2D eigenvalue weighted by molar-refractivity contribution is 5.68. The van der Waals surface area contributed by atoms with Crippen molar-refractivity contribution in [1.29, 1.82) is 0 Å². The Kier molecular flexibility index (Phi) is 3.15. The fourth-order valence-corrected chi connectivity index (χ4v) is 2.14. The third kappa shape index (κ3) is 2.36. The Bertz CT molecular complexity index is 770. The summed E-state index contributed by atoms with van der Waals surface area (Å²) >= 11 is 0. The second kappa shape index (κ2) is 4.98. The van der Waals surface area contributed by atoms with E-state index in [4.69, 9.17) is 10.4 Å². The van der Waals surface area contributed by atoms with Crippen molar-refractivity contribution in [2.45, 2.75) is 13.8 Å². The third-order valence-corrected chi connectivity index (χ3v) is 3.13. The number of hydrogen-bond acceptors (Lipinski definition) is 7. The molecular formula is C13H15N7O. The first-order valence-corrected chi connectivity index (χ1v) is 6.36. The van der Waals surface area contributed by atoms with E-state index in [9.17, 15) is 0 Å². The predicted octanol–water partition coefficient (Wildman–Crippen LogP) is 1.43. The van der Waals surface area contributed by atoms with E-state index >= 15 is 0 Å². The van der Waals surface area contributed by atoms with Crippen LogP contribution in [0, 0.1) is 13.8 Å². The number of anilines is 1. The van der Waals surface area contributed by atoms with E-state index in [0.717, 1.165) is 22.5 Å². The molecule has 0 aromatic carbocycles. The van der Waals surface area contributed by atoms with E-state index in [1.165, 1.54) is 0 Å². The van der Waals surface area contributed by atoms with Crippen molar-refractivity contribution >= 4 is 5.82 Å². The fraction of sp³-hybridized carbons (Fsp3) is 0.231. The second-order valence-electron chi connectivity index (χ2n) is 4.71. The van der Waals surface area contributed by atoms with Crippen molar-refractivity contribution in [2.75, 3.05) is 5.43 Å². The van der Waals surface area contributed by atoms with Gasteiger partial charge in [-0.15, -0.1) is 0 Å². The molecule has 3 aromatic rings. The average Bonchev–Trinajstić information content (AvgIpc) is 3.05. The van der Waals surface area contributed by atoms with Crippen molar-refractivity contribution in [3.63, 3.8) is 0 Å². The first-order valence-electron chi connectivity index (χ1n) is 6.36. The minimum absolute atomic E-state index is 0.513. The normalized spacial score (nSPS) is 10.9. The Morgan fingerprint density at radius 2 is 2.10 bits per heavy atom. The van der Waals surface area contributed by atoms with E-state index in [1.807, 2.05) is 27.1 Å². The van der Waals surface area contributed by atoms with Crippen molar-refractivity contribution in [2.24, 2.45) is 12.9 Å². The zero-order valence-corrected chi connectivity index (χ0v) is 12.0. The van der Waals surface area contributed by atoms with Gasteiger partial charge in [0.1, 0.15) is 11.6 Å². The number of rotatable bonds is 3. The summed E-state index contributed by atoms with van der Waals surface area (Å²) in [5.41, 5.74) is 5.67. The zero-order chi connectivity index (χ0) is 15.0. The van der Waals surface area contributed by atoms with Gasteiger partial charge in [0.2, 0.25) is 0 Å². The van der Waals surface area contributed by atoms with Gasteiger partial charge < -0.3 is 9.95 Å². The summed E-state index contributed by atoms with van der Waals surface area (Å²) in [6.07, 6.45) is 3.61. The molecule has 21 heavy (non-hydrogen) atoms. The van der Waals surface area contributed by atoms with Crippen molar-refractivity contribution in [3.05, 3.63) is 29.9 Å². The number of nitrogens with two attached hydrogens (primary N) is 1. The summed E-state index contributed by atoms with van der Waals surface area (Å²) in [5, 5.41) is 8.08. The van der Waals surface area contributed by atoms with Crippen LogP contribution in [0.25, 0.3) is 22.6 Å². The molecule has 8 nitrogen and oxygen atoms in total. The lowest BCUT2D eigenvalue weighted by Crippen LogP contribution is -2.10. The van der Waals surface area contributed by atoms with Crippen LogP contribution in [-0.2, 0) is 7.05 Å². The van der Waals surface area contributed by atoms with Crippen LogP contribution in [0.5, 0.6) is 0 Å². The Labute approximate surface area is 121 Å². The standard InChI is InChI=1S/C13H15N7O/c1-7-12(8(2)21-19-7)13-16-10(4-11(17-13)18-14)9-5-15-20(3)6-9/h4-6H,14H2,1-3H3,(H,16,17,18). The minimum atomic E-state index is 0.513. The number of nitrogens with one attached hydrogen (secondary N) is 1. The first-order chi connectivity index (χ1) is 10.1. The van der Waals surface area contributed by atoms with E-state index in [2.05, 4.69) is 25.6 Å². The molecule has 0 fully saturated rings. The first kappa shape index (κ1) is 13.3. The zero-order valence-electron chi connectivity index (χ0n) is 12.0. The van der Waals surface area contributed by atoms with Gasteiger partial charge in [0, 0.05) is 24.9 Å². The molecule has 3 rings (SSSR count). The lowest BCUT2D eigenvalue weighted by molar-refractivity contribution is 0.393. The average molecular weight is 285 g/mol. The molecule has 3 heterocycles. The highest BCUT2D eigenvalue weighted by Crippen LogP contribution is 2.27. The fourth-order valence-electron chi connectivity index (χ4n) is 2.14. The maximum atomic E-state index is 5.50. The Morgan fingerprint density at radius 1 is 1.29 bits per heavy atom. The topological polar surface area (TPSA) is 108 Å². The molecule has 108 valence electrons. The summed E-state index contributed by atoms with van der Waals surface area (Å²) in [6, 6.07) is 1.76. The highest BCUT2D eigenvalue weighted by Gasteiger charge is 2.17. The third-order valence-electron chi connectivity index (χ3n) is 3.13. The molecule has 3 N–H and O–H groups in total. The number of aryl methyl sites for hydroxylation is 3. The maximum Gasteiger partial charge on any atom is 0.167 e. The Balaban J connectivity index is 2.18. The van der Waals surface area contributed by atoms with Gasteiger partial charge in [-0.25, -0.2) is 15.8 Å². The number of aromatic nitrogens is 5. The summed E-state index contributed by atoms with van der Waals surface area (Å²) in [4.78, 5) is 8.94. The van der Waals surface area contributed by atoms with Gasteiger partial charge in [-0.1, -0.05) is 5.16 Å². The molecule has 0 amide bonds. The Morgan fingerprint density at radius 3 is 2.67 bits per heavy atom. The van der Waals surface area contributed by atoms with Crippen LogP contribution in [0.1, 0.15) is 11.5 Å². The molecular weight excluding hydrogens is 270 g/mol. The van der Waals surface area contributed by atoms with Crippen molar-refractivity contribution in [1.82, 2.24) is 24.9 Å². The molecule has 0 unspecified atom stereocenters. The monoisotopic (exact) mass is 285 g/mol. The molecule has 3 aromatic heterocycles. The SMILES string of the molecule is Cc1noc(C)c1-c1nc(NN)cc(-c2cnn(C)c2)n1. The van der Waals surface area contributed by atoms with Gasteiger partial charge >= 0.3 is 0 Å². The maximum absolute atomic E-state index is 5.50. The van der Waals surface area contributed by atoms with E-state index in [0.29, 0.717) is 17.4 Å². The largest absolute Gasteiger partial charge is 0.361 e. The number of nitrogens with zero attached hydrogens (tertiary/aromatic N) is 5. The smallest absolute Gasteiger partial charge is 0.167 e. The van der Waals surface area contributed by atoms with Crippen molar-refractivity contribution in [3.8, 4) is 22.6 Å². The van der Waals surface area contributed by atoms with Crippen LogP contribution in [0.2, 0.25) is 0 Å². The van der Waals surface area contributed by atoms with Gasteiger partial charge in [-0.05, 0) is 13.8 Å². The van der Waals surface area contributed by atoms with Gasteiger partial charge in [0.25, 0.3) is 0 Å². The van der Waals surface area contributed by atoms with Crippen LogP contribution in [-0.4, -0.2) is 24.9 Å². The molecule has 0 radical (unpaired) electrons. The molecule has 0 aliphatic rings. The van der Waals surface area contributed by atoms with E-state index in [1.54, 1.807) is 16.9 Å². The van der Waals surface area contributed by atoms with Crippen LogP contribution in [0.15, 0.2) is 23.0 Å². The molecule has 0 saturated carbocycles. The van der Waals surface area contributed by atoms with Crippen molar-refractivity contribution < 1.29 is 4.52 Å². The number of hydrazine groups is 1. The van der Waals surface area contributed by atoms with Gasteiger partial charge in [0.05, 0.1) is 23.1 Å². The van der Waals surface area contributed by atoms with Crippen LogP contribution in [0.3, 0.4) is 0 Å². The van der Waals surface area contributed by atoms with E-state index in [-0.39, 0.29) is 0 Å². The molecule has 0 saturated heterocycles. The molecule has 0 spiro atoms. The quantitative estimate of drug-likeness (QED) is 0.553. The molecule has 0 bridgehead atoms. The Hall–Kier alpha value is -2.74. The van der Waals surface area contributed by atoms with Gasteiger partial charge in [-0.2, -0.15) is 5.10 Å². The summed E-state index contributed by atoms with van der Waals surface area (Å²) in [7, 11) is 1.85. The lowest BCUT2D eigenvalue weighted by Gasteiger charge is -2.06.